The van der Waals surface area contributed by atoms with Gasteiger partial charge >= 0.3 is 0 Å². The fourth-order valence-corrected chi connectivity index (χ4v) is 3.08. The van der Waals surface area contributed by atoms with Crippen LogP contribution in [0.25, 0.3) is 0 Å². The summed E-state index contributed by atoms with van der Waals surface area (Å²) in [7, 11) is 0. The summed E-state index contributed by atoms with van der Waals surface area (Å²) in [5.41, 5.74) is 3.29. The average molecular weight is 323 g/mol. The Hall–Kier alpha value is -2.20. The molecule has 0 aliphatic carbocycles. The maximum Gasteiger partial charge on any atom is 0.224 e. The Morgan fingerprint density at radius 3 is 2.54 bits per heavy atom. The summed E-state index contributed by atoms with van der Waals surface area (Å²) < 4.78 is 0. The molecule has 1 saturated heterocycles. The van der Waals surface area contributed by atoms with Crippen molar-refractivity contribution in [2.24, 2.45) is 0 Å². The molecule has 0 radical (unpaired) electrons. The fraction of sp³-hybridized carbons (Fsp3) is 0.400. The zero-order valence-electron chi connectivity index (χ0n) is 14.1. The number of likely N-dealkylation sites (tertiary alicyclic amines) is 1. The molecule has 3 rings (SSSR count). The molecule has 4 nitrogen and oxygen atoms in total. The molecule has 1 N–H and O–H groups in total. The minimum Gasteiger partial charge on any atom is -0.326 e. The highest BCUT2D eigenvalue weighted by atomic mass is 16.1. The molecular weight excluding hydrogens is 298 g/mol. The van der Waals surface area contributed by atoms with Gasteiger partial charge in [-0.2, -0.15) is 0 Å². The Morgan fingerprint density at radius 2 is 1.83 bits per heavy atom. The molecule has 1 aliphatic rings. The van der Waals surface area contributed by atoms with E-state index in [0.29, 0.717) is 12.8 Å². The lowest BCUT2D eigenvalue weighted by molar-refractivity contribution is -0.116. The maximum absolute atomic E-state index is 12.0. The van der Waals surface area contributed by atoms with E-state index in [-0.39, 0.29) is 5.91 Å². The van der Waals surface area contributed by atoms with Crippen molar-refractivity contribution in [3.05, 3.63) is 59.9 Å². The molecule has 24 heavy (non-hydrogen) atoms. The summed E-state index contributed by atoms with van der Waals surface area (Å²) in [5, 5.41) is 2.97. The Labute approximate surface area is 143 Å². The predicted molar refractivity (Wildman–Crippen MR) is 97.0 cm³/mol. The largest absolute Gasteiger partial charge is 0.326 e. The average Bonchev–Trinajstić information content (AvgIpc) is 3.14. The van der Waals surface area contributed by atoms with Crippen LogP contribution in [-0.2, 0) is 17.6 Å². The van der Waals surface area contributed by atoms with Crippen molar-refractivity contribution in [1.29, 1.82) is 0 Å². The fourth-order valence-electron chi connectivity index (χ4n) is 3.08. The molecule has 0 spiro atoms. The third kappa shape index (κ3) is 5.17. The van der Waals surface area contributed by atoms with Gasteiger partial charge in [-0.25, -0.2) is 0 Å². The second kappa shape index (κ2) is 8.60. The minimum absolute atomic E-state index is 0.0451. The van der Waals surface area contributed by atoms with Gasteiger partial charge in [0.15, 0.2) is 0 Å². The SMILES string of the molecule is O=C(CCc1cccnc1)Nc1ccc(CCN2CCCC2)cc1. The van der Waals surface area contributed by atoms with Gasteiger partial charge in [0.05, 0.1) is 0 Å². The quantitative estimate of drug-likeness (QED) is 0.850. The topological polar surface area (TPSA) is 45.2 Å². The molecule has 1 aromatic heterocycles. The minimum atomic E-state index is 0.0451. The summed E-state index contributed by atoms with van der Waals surface area (Å²) in [6.45, 7) is 3.62. The van der Waals surface area contributed by atoms with E-state index in [9.17, 15) is 4.79 Å². The molecule has 0 saturated carbocycles. The van der Waals surface area contributed by atoms with Crippen LogP contribution < -0.4 is 5.32 Å². The molecule has 1 amide bonds. The van der Waals surface area contributed by atoms with Gasteiger partial charge in [-0.1, -0.05) is 18.2 Å². The lowest BCUT2D eigenvalue weighted by Crippen LogP contribution is -2.21. The van der Waals surface area contributed by atoms with Crippen LogP contribution in [-0.4, -0.2) is 35.4 Å². The number of amides is 1. The van der Waals surface area contributed by atoms with Crippen LogP contribution in [0.1, 0.15) is 30.4 Å². The lowest BCUT2D eigenvalue weighted by Gasteiger charge is -2.14. The van der Waals surface area contributed by atoms with Crippen LogP contribution >= 0.6 is 0 Å². The Balaban J connectivity index is 1.42. The van der Waals surface area contributed by atoms with E-state index in [1.54, 1.807) is 6.20 Å². The number of rotatable bonds is 7. The van der Waals surface area contributed by atoms with E-state index in [1.807, 2.05) is 30.5 Å². The van der Waals surface area contributed by atoms with E-state index in [2.05, 4.69) is 27.3 Å². The smallest absolute Gasteiger partial charge is 0.224 e. The van der Waals surface area contributed by atoms with Crippen LogP contribution in [0.5, 0.6) is 0 Å². The Kier molecular flexibility index (Phi) is 5.96. The van der Waals surface area contributed by atoms with Crippen molar-refractivity contribution in [1.82, 2.24) is 9.88 Å². The zero-order chi connectivity index (χ0) is 16.6. The highest BCUT2D eigenvalue weighted by molar-refractivity contribution is 5.90. The number of carbonyl (C=O) groups is 1. The summed E-state index contributed by atoms with van der Waals surface area (Å²) in [4.78, 5) is 18.6. The summed E-state index contributed by atoms with van der Waals surface area (Å²) in [6, 6.07) is 12.1. The summed E-state index contributed by atoms with van der Waals surface area (Å²) in [5.74, 6) is 0.0451. The van der Waals surface area contributed by atoms with Crippen LogP contribution in [0.3, 0.4) is 0 Å². The van der Waals surface area contributed by atoms with E-state index >= 15 is 0 Å². The molecule has 2 aromatic rings. The zero-order valence-corrected chi connectivity index (χ0v) is 14.1. The summed E-state index contributed by atoms with van der Waals surface area (Å²) in [6.07, 6.45) is 8.50. The molecule has 126 valence electrons. The van der Waals surface area contributed by atoms with E-state index in [0.717, 1.165) is 24.2 Å². The van der Waals surface area contributed by atoms with Gasteiger partial charge < -0.3 is 10.2 Å². The van der Waals surface area contributed by atoms with E-state index in [1.165, 1.54) is 31.5 Å². The number of nitrogens with one attached hydrogen (secondary N) is 1. The Morgan fingerprint density at radius 1 is 1.04 bits per heavy atom. The van der Waals surface area contributed by atoms with E-state index < -0.39 is 0 Å². The first kappa shape index (κ1) is 16.7. The van der Waals surface area contributed by atoms with Crippen molar-refractivity contribution in [3.63, 3.8) is 0 Å². The number of aryl methyl sites for hydroxylation is 1. The second-order valence-electron chi connectivity index (χ2n) is 6.41. The normalized spacial score (nSPS) is 14.7. The van der Waals surface area contributed by atoms with Crippen molar-refractivity contribution in [2.75, 3.05) is 25.0 Å². The highest BCUT2D eigenvalue weighted by Crippen LogP contribution is 2.13. The number of benzene rings is 1. The summed E-state index contributed by atoms with van der Waals surface area (Å²) >= 11 is 0. The van der Waals surface area contributed by atoms with Crippen molar-refractivity contribution >= 4 is 11.6 Å². The number of carbonyl (C=O) groups excluding carboxylic acids is 1. The molecule has 1 fully saturated rings. The van der Waals surface area contributed by atoms with Crippen molar-refractivity contribution < 1.29 is 4.79 Å². The number of hydrogen-bond donors (Lipinski definition) is 1. The van der Waals surface area contributed by atoms with Gasteiger partial charge in [0.1, 0.15) is 0 Å². The molecule has 4 heteroatoms. The van der Waals surface area contributed by atoms with Gasteiger partial charge in [-0.3, -0.25) is 9.78 Å². The van der Waals surface area contributed by atoms with E-state index in [4.69, 9.17) is 0 Å². The monoisotopic (exact) mass is 323 g/mol. The first-order valence-electron chi connectivity index (χ1n) is 8.80. The molecule has 0 unspecified atom stereocenters. The second-order valence-corrected chi connectivity index (χ2v) is 6.41. The number of aromatic nitrogens is 1. The lowest BCUT2D eigenvalue weighted by atomic mass is 10.1. The molecule has 2 heterocycles. The van der Waals surface area contributed by atoms with Gasteiger partial charge in [0.2, 0.25) is 5.91 Å². The maximum atomic E-state index is 12.0. The van der Waals surface area contributed by atoms with Gasteiger partial charge in [0.25, 0.3) is 0 Å². The first-order chi connectivity index (χ1) is 11.8. The third-order valence-electron chi connectivity index (χ3n) is 4.52. The van der Waals surface area contributed by atoms with Crippen LogP contribution in [0, 0.1) is 0 Å². The molecular formula is C20H25N3O. The van der Waals surface area contributed by atoms with Gasteiger partial charge in [-0.15, -0.1) is 0 Å². The molecule has 1 aliphatic heterocycles. The van der Waals surface area contributed by atoms with Crippen molar-refractivity contribution in [2.45, 2.75) is 32.1 Å². The number of hydrogen-bond acceptors (Lipinski definition) is 3. The standard InChI is InChI=1S/C20H25N3O/c24-20(10-7-18-4-3-12-21-16-18)22-19-8-5-17(6-9-19)11-15-23-13-1-2-14-23/h3-6,8-9,12,16H,1-2,7,10-11,13-15H2,(H,22,24). The number of pyridine rings is 1. The predicted octanol–water partition coefficient (Wildman–Crippen LogP) is 3.29. The van der Waals surface area contributed by atoms with Crippen LogP contribution in [0.2, 0.25) is 0 Å². The Bertz CT molecular complexity index is 634. The van der Waals surface area contributed by atoms with Gasteiger partial charge in [0, 0.05) is 31.0 Å². The van der Waals surface area contributed by atoms with Crippen molar-refractivity contribution in [3.8, 4) is 0 Å². The number of anilines is 1. The first-order valence-corrected chi connectivity index (χ1v) is 8.80. The third-order valence-corrected chi connectivity index (χ3v) is 4.52. The van der Waals surface area contributed by atoms with Gasteiger partial charge in [-0.05, 0) is 68.1 Å². The van der Waals surface area contributed by atoms with Crippen LogP contribution in [0.4, 0.5) is 5.69 Å². The highest BCUT2D eigenvalue weighted by Gasteiger charge is 2.10. The number of nitrogens with zero attached hydrogens (tertiary/aromatic N) is 2. The molecule has 0 atom stereocenters. The van der Waals surface area contributed by atoms with Crippen LogP contribution in [0.15, 0.2) is 48.8 Å². The molecule has 0 bridgehead atoms. The molecule has 1 aromatic carbocycles.